The first-order chi connectivity index (χ1) is 6.66. The average Bonchev–Trinajstić information content (AvgIpc) is 2.41. The molecule has 0 spiro atoms. The van der Waals surface area contributed by atoms with Gasteiger partial charge in [0.2, 0.25) is 11.8 Å². The number of likely N-dealkylation sites (tertiary alicyclic amines) is 1. The third-order valence-corrected chi connectivity index (χ3v) is 2.99. The fourth-order valence-corrected chi connectivity index (χ4v) is 1.84. The van der Waals surface area contributed by atoms with Crippen LogP contribution in [0.4, 0.5) is 0 Å². The van der Waals surface area contributed by atoms with Crippen LogP contribution in [0.15, 0.2) is 0 Å². The molecule has 1 unspecified atom stereocenters. The second-order valence-electron chi connectivity index (χ2n) is 3.35. The molecule has 0 aromatic heterocycles. The third-order valence-electron chi connectivity index (χ3n) is 2.30. The van der Waals surface area contributed by atoms with Crippen LogP contribution in [0.25, 0.3) is 0 Å². The van der Waals surface area contributed by atoms with Crippen LogP contribution >= 0.6 is 11.8 Å². The highest BCUT2D eigenvalue weighted by Crippen LogP contribution is 2.10. The number of thioether (sulfide) groups is 1. The Hall–Kier alpha value is -0.550. The maximum absolute atomic E-state index is 11.4. The summed E-state index contributed by atoms with van der Waals surface area (Å²) in [6.45, 7) is 0.804. The smallest absolute Gasteiger partial charge is 0.246 e. The standard InChI is InChI=1S/C9H16N2O2S/c1-11-8(12)6-7(9(11)13)10-4-3-5-14-2/h7,10H,3-6H2,1-2H3. The number of likely N-dealkylation sites (N-methyl/N-ethyl adjacent to an activating group) is 1. The zero-order chi connectivity index (χ0) is 10.6. The Bertz CT molecular complexity index is 233. The zero-order valence-electron chi connectivity index (χ0n) is 8.58. The molecule has 1 heterocycles. The molecule has 1 atom stereocenters. The van der Waals surface area contributed by atoms with Crippen LogP contribution in [0, 0.1) is 0 Å². The molecule has 5 heteroatoms. The van der Waals surface area contributed by atoms with Crippen molar-refractivity contribution in [2.24, 2.45) is 0 Å². The summed E-state index contributed by atoms with van der Waals surface area (Å²) < 4.78 is 0. The molecule has 0 aliphatic carbocycles. The van der Waals surface area contributed by atoms with E-state index >= 15 is 0 Å². The van der Waals surface area contributed by atoms with E-state index in [1.54, 1.807) is 11.8 Å². The second-order valence-corrected chi connectivity index (χ2v) is 4.33. The van der Waals surface area contributed by atoms with Crippen molar-refractivity contribution in [2.75, 3.05) is 25.6 Å². The first-order valence-corrected chi connectivity index (χ1v) is 6.09. The molecular formula is C9H16N2O2S. The van der Waals surface area contributed by atoms with Crippen molar-refractivity contribution in [3.63, 3.8) is 0 Å². The van der Waals surface area contributed by atoms with E-state index in [1.807, 2.05) is 0 Å². The molecule has 0 saturated carbocycles. The van der Waals surface area contributed by atoms with Gasteiger partial charge in [-0.1, -0.05) is 0 Å². The first kappa shape index (κ1) is 11.5. The van der Waals surface area contributed by atoms with Crippen LogP contribution in [-0.4, -0.2) is 48.4 Å². The van der Waals surface area contributed by atoms with E-state index in [-0.39, 0.29) is 17.9 Å². The fourth-order valence-electron chi connectivity index (χ4n) is 1.41. The monoisotopic (exact) mass is 216 g/mol. The minimum absolute atomic E-state index is 0.0858. The van der Waals surface area contributed by atoms with Gasteiger partial charge in [0.25, 0.3) is 0 Å². The van der Waals surface area contributed by atoms with Gasteiger partial charge in [0.05, 0.1) is 12.5 Å². The maximum atomic E-state index is 11.4. The normalized spacial score (nSPS) is 22.1. The predicted octanol–water partition coefficient (Wildman–Crippen LogP) is 0.0864. The summed E-state index contributed by atoms with van der Waals surface area (Å²) in [5.74, 6) is 0.897. The SMILES string of the molecule is CSCCCNC1CC(=O)N(C)C1=O. The van der Waals surface area contributed by atoms with Gasteiger partial charge in [-0.25, -0.2) is 0 Å². The van der Waals surface area contributed by atoms with Gasteiger partial charge in [-0.15, -0.1) is 0 Å². The van der Waals surface area contributed by atoms with Crippen LogP contribution in [0.5, 0.6) is 0 Å². The average molecular weight is 216 g/mol. The quantitative estimate of drug-likeness (QED) is 0.522. The molecule has 0 bridgehead atoms. The topological polar surface area (TPSA) is 49.4 Å². The van der Waals surface area contributed by atoms with Crippen molar-refractivity contribution in [1.82, 2.24) is 10.2 Å². The minimum Gasteiger partial charge on any atom is -0.305 e. The Kier molecular flexibility index (Phi) is 4.41. The molecule has 1 aliphatic heterocycles. The first-order valence-electron chi connectivity index (χ1n) is 4.69. The van der Waals surface area contributed by atoms with Gasteiger partial charge in [0.1, 0.15) is 0 Å². The summed E-state index contributed by atoms with van der Waals surface area (Å²) >= 11 is 1.78. The van der Waals surface area contributed by atoms with E-state index in [9.17, 15) is 9.59 Å². The maximum Gasteiger partial charge on any atom is 0.246 e. The summed E-state index contributed by atoms with van der Waals surface area (Å²) in [7, 11) is 1.54. The van der Waals surface area contributed by atoms with E-state index in [1.165, 1.54) is 11.9 Å². The Morgan fingerprint density at radius 1 is 1.57 bits per heavy atom. The Morgan fingerprint density at radius 3 is 2.79 bits per heavy atom. The summed E-state index contributed by atoms with van der Waals surface area (Å²) in [5, 5.41) is 3.10. The van der Waals surface area contributed by atoms with Gasteiger partial charge >= 0.3 is 0 Å². The van der Waals surface area contributed by atoms with Gasteiger partial charge < -0.3 is 5.32 Å². The summed E-state index contributed by atoms with van der Waals surface area (Å²) in [6, 6.07) is -0.283. The van der Waals surface area contributed by atoms with E-state index in [0.29, 0.717) is 6.42 Å². The zero-order valence-corrected chi connectivity index (χ0v) is 9.39. The molecule has 1 N–H and O–H groups in total. The van der Waals surface area contributed by atoms with Crippen molar-refractivity contribution in [2.45, 2.75) is 18.9 Å². The number of carbonyl (C=O) groups is 2. The lowest BCUT2D eigenvalue weighted by atomic mass is 10.2. The van der Waals surface area contributed by atoms with Crippen molar-refractivity contribution in [3.05, 3.63) is 0 Å². The van der Waals surface area contributed by atoms with Crippen molar-refractivity contribution >= 4 is 23.6 Å². The van der Waals surface area contributed by atoms with E-state index in [0.717, 1.165) is 18.7 Å². The minimum atomic E-state index is -0.283. The highest BCUT2D eigenvalue weighted by molar-refractivity contribution is 7.98. The predicted molar refractivity (Wildman–Crippen MR) is 57.2 cm³/mol. The lowest BCUT2D eigenvalue weighted by Gasteiger charge is -2.10. The van der Waals surface area contributed by atoms with Gasteiger partial charge in [-0.3, -0.25) is 14.5 Å². The summed E-state index contributed by atoms with van der Waals surface area (Å²) in [4.78, 5) is 23.8. The van der Waals surface area contributed by atoms with Gasteiger partial charge in [0.15, 0.2) is 0 Å². The Labute approximate surface area is 88.4 Å². The van der Waals surface area contributed by atoms with Gasteiger partial charge in [0, 0.05) is 7.05 Å². The fraction of sp³-hybridized carbons (Fsp3) is 0.778. The Morgan fingerprint density at radius 2 is 2.29 bits per heavy atom. The van der Waals surface area contributed by atoms with Crippen LogP contribution in [-0.2, 0) is 9.59 Å². The molecule has 14 heavy (non-hydrogen) atoms. The van der Waals surface area contributed by atoms with Gasteiger partial charge in [-0.05, 0) is 25.0 Å². The van der Waals surface area contributed by atoms with Crippen molar-refractivity contribution < 1.29 is 9.59 Å². The van der Waals surface area contributed by atoms with Gasteiger partial charge in [-0.2, -0.15) is 11.8 Å². The van der Waals surface area contributed by atoms with Crippen LogP contribution in [0.1, 0.15) is 12.8 Å². The molecular weight excluding hydrogens is 200 g/mol. The van der Waals surface area contributed by atoms with Crippen molar-refractivity contribution in [1.29, 1.82) is 0 Å². The van der Waals surface area contributed by atoms with E-state index in [4.69, 9.17) is 0 Å². The lowest BCUT2D eigenvalue weighted by Crippen LogP contribution is -2.37. The van der Waals surface area contributed by atoms with Crippen LogP contribution < -0.4 is 5.32 Å². The number of imide groups is 1. The molecule has 0 aromatic carbocycles. The highest BCUT2D eigenvalue weighted by Gasteiger charge is 2.35. The Balaban J connectivity index is 2.26. The summed E-state index contributed by atoms with van der Waals surface area (Å²) in [5.41, 5.74) is 0. The molecule has 0 radical (unpaired) electrons. The van der Waals surface area contributed by atoms with Crippen molar-refractivity contribution in [3.8, 4) is 0 Å². The number of hydrogen-bond donors (Lipinski definition) is 1. The number of nitrogens with one attached hydrogen (secondary N) is 1. The van der Waals surface area contributed by atoms with Crippen LogP contribution in [0.2, 0.25) is 0 Å². The molecule has 2 amide bonds. The molecule has 80 valence electrons. The van der Waals surface area contributed by atoms with E-state index < -0.39 is 0 Å². The number of rotatable bonds is 5. The molecule has 1 rings (SSSR count). The largest absolute Gasteiger partial charge is 0.305 e. The highest BCUT2D eigenvalue weighted by atomic mass is 32.2. The third kappa shape index (κ3) is 2.72. The van der Waals surface area contributed by atoms with Crippen LogP contribution in [0.3, 0.4) is 0 Å². The number of carbonyl (C=O) groups excluding carboxylic acids is 2. The number of nitrogens with zero attached hydrogens (tertiary/aromatic N) is 1. The molecule has 1 aliphatic rings. The molecule has 0 aromatic rings. The number of hydrogen-bond acceptors (Lipinski definition) is 4. The summed E-state index contributed by atoms with van der Waals surface area (Å²) in [6.07, 6.45) is 3.40. The number of amides is 2. The second kappa shape index (κ2) is 5.36. The molecule has 4 nitrogen and oxygen atoms in total. The molecule has 1 saturated heterocycles. The molecule has 1 fully saturated rings. The van der Waals surface area contributed by atoms with E-state index in [2.05, 4.69) is 11.6 Å². The lowest BCUT2D eigenvalue weighted by molar-refractivity contribution is -0.137.